The predicted molar refractivity (Wildman–Crippen MR) is 73.6 cm³/mol. The van der Waals surface area contributed by atoms with Gasteiger partial charge in [-0.25, -0.2) is 4.79 Å². The van der Waals surface area contributed by atoms with Gasteiger partial charge in [-0.1, -0.05) is 6.42 Å². The number of hydrogen-bond donors (Lipinski definition) is 1. The molecule has 0 aromatic carbocycles. The molecule has 3 aliphatic rings. The minimum absolute atomic E-state index is 0.0589. The van der Waals surface area contributed by atoms with E-state index in [1.807, 2.05) is 14.1 Å². The smallest absolute Gasteiger partial charge is 0.317 e. The summed E-state index contributed by atoms with van der Waals surface area (Å²) in [5.74, 6) is 0.634. The zero-order valence-corrected chi connectivity index (χ0v) is 12.1. The molecule has 1 saturated carbocycles. The van der Waals surface area contributed by atoms with Gasteiger partial charge >= 0.3 is 6.03 Å². The van der Waals surface area contributed by atoms with Gasteiger partial charge in [-0.2, -0.15) is 0 Å². The summed E-state index contributed by atoms with van der Waals surface area (Å²) in [5.41, 5.74) is 0. The van der Waals surface area contributed by atoms with Gasteiger partial charge in [0.1, 0.15) is 0 Å². The number of carbonyl (C=O) groups is 1. The highest BCUT2D eigenvalue weighted by atomic mass is 16.2. The highest BCUT2D eigenvalue weighted by Crippen LogP contribution is 2.34. The molecule has 2 aliphatic heterocycles. The van der Waals surface area contributed by atoms with Gasteiger partial charge < -0.3 is 10.2 Å². The van der Waals surface area contributed by atoms with E-state index in [0.29, 0.717) is 24.0 Å². The zero-order valence-electron chi connectivity index (χ0n) is 12.1. The van der Waals surface area contributed by atoms with Crippen LogP contribution in [0, 0.1) is 5.92 Å². The number of hydrogen-bond acceptors (Lipinski definition) is 2. The first kappa shape index (κ1) is 13.7. The summed E-state index contributed by atoms with van der Waals surface area (Å²) in [6.07, 6.45) is 5.00. The molecule has 2 saturated heterocycles. The molecule has 3 fully saturated rings. The van der Waals surface area contributed by atoms with Crippen LogP contribution in [0.3, 0.4) is 0 Å². The van der Waals surface area contributed by atoms with Gasteiger partial charge in [0.15, 0.2) is 0 Å². The van der Waals surface area contributed by atoms with Crippen LogP contribution in [-0.2, 0) is 0 Å². The fraction of sp³-hybridized carbons (Fsp3) is 0.929. The summed E-state index contributed by atoms with van der Waals surface area (Å²) in [6, 6.07) is 1.73. The highest BCUT2D eigenvalue weighted by Gasteiger charge is 2.39. The maximum Gasteiger partial charge on any atom is 0.317 e. The Balaban J connectivity index is 2.02. The zero-order chi connectivity index (χ0) is 13.3. The average Bonchev–Trinajstić information content (AvgIpc) is 2.61. The third kappa shape index (κ3) is 2.79. The van der Waals surface area contributed by atoms with Crippen molar-refractivity contribution in [3.05, 3.63) is 0 Å². The minimum atomic E-state index is 0.0589. The minimum Gasteiger partial charge on any atom is -0.335 e. The Kier molecular flexibility index (Phi) is 4.15. The summed E-state index contributed by atoms with van der Waals surface area (Å²) >= 11 is 0. The molecular formula is C14H27N3O. The van der Waals surface area contributed by atoms with Gasteiger partial charge in [0, 0.05) is 38.8 Å². The quantitative estimate of drug-likeness (QED) is 0.816. The second-order valence-corrected chi connectivity index (χ2v) is 6.32. The van der Waals surface area contributed by atoms with Crippen molar-refractivity contribution >= 4 is 6.03 Å². The fourth-order valence-corrected chi connectivity index (χ4v) is 3.46. The molecule has 0 spiro atoms. The third-order valence-corrected chi connectivity index (χ3v) is 4.50. The largest absolute Gasteiger partial charge is 0.335 e. The lowest BCUT2D eigenvalue weighted by molar-refractivity contribution is 0.0692. The average molecular weight is 253 g/mol. The number of nitrogens with zero attached hydrogens (tertiary/aromatic N) is 2. The van der Waals surface area contributed by atoms with Crippen molar-refractivity contribution in [1.82, 2.24) is 15.1 Å². The van der Waals surface area contributed by atoms with Gasteiger partial charge in [0.05, 0.1) is 0 Å². The Morgan fingerprint density at radius 3 is 2.67 bits per heavy atom. The van der Waals surface area contributed by atoms with Gasteiger partial charge in [0.25, 0.3) is 0 Å². The number of amides is 2. The van der Waals surface area contributed by atoms with Crippen molar-refractivity contribution in [2.24, 2.45) is 5.92 Å². The van der Waals surface area contributed by atoms with E-state index in [-0.39, 0.29) is 6.03 Å². The first-order valence-electron chi connectivity index (χ1n) is 7.22. The summed E-state index contributed by atoms with van der Waals surface area (Å²) in [4.78, 5) is 16.1. The maximum atomic E-state index is 11.8. The van der Waals surface area contributed by atoms with Crippen molar-refractivity contribution < 1.29 is 4.79 Å². The lowest BCUT2D eigenvalue weighted by atomic mass is 9.88. The number of fused-ring (bicyclic) bond motifs is 4. The SMILES string of the molecule is CC(C)N1CC2CCC[C@@H]1CC2NC(=O)N(C)C. The Bertz CT molecular complexity index is 303. The molecule has 4 heteroatoms. The summed E-state index contributed by atoms with van der Waals surface area (Å²) < 4.78 is 0. The van der Waals surface area contributed by atoms with Crippen LogP contribution in [0.2, 0.25) is 0 Å². The molecule has 3 atom stereocenters. The first-order valence-corrected chi connectivity index (χ1v) is 7.22. The second kappa shape index (κ2) is 5.47. The van der Waals surface area contributed by atoms with Gasteiger partial charge in [-0.15, -0.1) is 0 Å². The number of carbonyl (C=O) groups excluding carboxylic acids is 1. The topological polar surface area (TPSA) is 35.6 Å². The number of rotatable bonds is 2. The Morgan fingerprint density at radius 1 is 1.33 bits per heavy atom. The molecule has 0 aromatic rings. The van der Waals surface area contributed by atoms with Crippen LogP contribution in [-0.4, -0.2) is 54.6 Å². The molecule has 0 aromatic heterocycles. The third-order valence-electron chi connectivity index (χ3n) is 4.50. The van der Waals surface area contributed by atoms with Crippen molar-refractivity contribution in [3.63, 3.8) is 0 Å². The van der Waals surface area contributed by atoms with Crippen LogP contribution in [0.5, 0.6) is 0 Å². The molecule has 1 aliphatic carbocycles. The van der Waals surface area contributed by atoms with Gasteiger partial charge in [-0.3, -0.25) is 4.90 Å². The van der Waals surface area contributed by atoms with E-state index in [2.05, 4.69) is 24.1 Å². The lowest BCUT2D eigenvalue weighted by Crippen LogP contribution is -2.56. The Hall–Kier alpha value is -0.770. The molecule has 4 nitrogen and oxygen atoms in total. The molecule has 0 radical (unpaired) electrons. The Labute approximate surface area is 111 Å². The fourth-order valence-electron chi connectivity index (χ4n) is 3.46. The maximum absolute atomic E-state index is 11.8. The Morgan fingerprint density at radius 2 is 2.06 bits per heavy atom. The molecule has 104 valence electrons. The lowest BCUT2D eigenvalue weighted by Gasteiger charge is -2.44. The molecule has 1 N–H and O–H groups in total. The summed E-state index contributed by atoms with van der Waals surface area (Å²) in [6.45, 7) is 5.73. The van der Waals surface area contributed by atoms with Crippen LogP contribution < -0.4 is 5.32 Å². The molecule has 2 bridgehead atoms. The van der Waals surface area contributed by atoms with Gasteiger partial charge in [-0.05, 0) is 39.0 Å². The van der Waals surface area contributed by atoms with Crippen molar-refractivity contribution in [2.45, 2.75) is 57.7 Å². The second-order valence-electron chi connectivity index (χ2n) is 6.32. The number of piperidine rings is 1. The standard InChI is InChI=1S/C14H27N3O/c1-10(2)17-9-11-6-5-7-12(17)8-13(11)15-14(18)16(3)4/h10-13H,5-9H2,1-4H3,(H,15,18)/t11?,12-,13?/m1/s1. The van der Waals surface area contributed by atoms with Crippen LogP contribution >= 0.6 is 0 Å². The van der Waals surface area contributed by atoms with Gasteiger partial charge in [0.2, 0.25) is 0 Å². The molecule has 2 unspecified atom stereocenters. The van der Waals surface area contributed by atoms with Crippen LogP contribution in [0.25, 0.3) is 0 Å². The van der Waals surface area contributed by atoms with Crippen molar-refractivity contribution in [3.8, 4) is 0 Å². The monoisotopic (exact) mass is 253 g/mol. The molecule has 18 heavy (non-hydrogen) atoms. The normalized spacial score (nSPS) is 32.4. The highest BCUT2D eigenvalue weighted by molar-refractivity contribution is 5.73. The van der Waals surface area contributed by atoms with E-state index in [0.717, 1.165) is 13.0 Å². The van der Waals surface area contributed by atoms with E-state index in [1.54, 1.807) is 4.90 Å². The molecular weight excluding hydrogens is 226 g/mol. The summed E-state index contributed by atoms with van der Waals surface area (Å²) in [5, 5.41) is 3.21. The molecule has 2 amide bonds. The van der Waals surface area contributed by atoms with Crippen LogP contribution in [0.4, 0.5) is 4.79 Å². The van der Waals surface area contributed by atoms with Crippen LogP contribution in [0.1, 0.15) is 39.5 Å². The van der Waals surface area contributed by atoms with E-state index in [9.17, 15) is 4.79 Å². The van der Waals surface area contributed by atoms with Crippen LogP contribution in [0.15, 0.2) is 0 Å². The number of nitrogens with one attached hydrogen (secondary N) is 1. The van der Waals surface area contributed by atoms with E-state index < -0.39 is 0 Å². The summed E-state index contributed by atoms with van der Waals surface area (Å²) in [7, 11) is 3.62. The van der Waals surface area contributed by atoms with Crippen molar-refractivity contribution in [2.75, 3.05) is 20.6 Å². The predicted octanol–water partition coefficient (Wildman–Crippen LogP) is 1.91. The molecule has 3 rings (SSSR count). The van der Waals surface area contributed by atoms with E-state index in [1.165, 1.54) is 19.3 Å². The van der Waals surface area contributed by atoms with E-state index >= 15 is 0 Å². The number of urea groups is 1. The molecule has 2 heterocycles. The van der Waals surface area contributed by atoms with Crippen molar-refractivity contribution in [1.29, 1.82) is 0 Å². The van der Waals surface area contributed by atoms with E-state index in [4.69, 9.17) is 0 Å². The first-order chi connectivity index (χ1) is 8.49.